The number of nitrogens with zero attached hydrogens (tertiary/aromatic N) is 2. The molecule has 0 rings (SSSR count). The van der Waals surface area contributed by atoms with Crippen LogP contribution >= 0.6 is 0 Å². The van der Waals surface area contributed by atoms with Gasteiger partial charge in [-0.25, -0.2) is 0 Å². The van der Waals surface area contributed by atoms with Crippen LogP contribution in [-0.4, -0.2) is 5.11 Å². The van der Waals surface area contributed by atoms with Gasteiger partial charge < -0.3 is 5.11 Å². The minimum atomic E-state index is 0.126. The number of hydrogen-bond acceptors (Lipinski definition) is 2. The predicted molar refractivity (Wildman–Crippen MR) is 58.4 cm³/mol. The zero-order chi connectivity index (χ0) is 10.8. The Morgan fingerprint density at radius 1 is 1.14 bits per heavy atom. The first kappa shape index (κ1) is 13.0. The second-order valence-electron chi connectivity index (χ2n) is 3.65. The van der Waals surface area contributed by atoms with Crippen molar-refractivity contribution in [3.63, 3.8) is 0 Å². The lowest BCUT2D eigenvalue weighted by Crippen LogP contribution is -1.85. The molecule has 0 aromatic rings. The smallest absolute Gasteiger partial charge is 0.398 e. The van der Waals surface area contributed by atoms with Gasteiger partial charge in [0, 0.05) is 6.92 Å². The molecule has 0 saturated carbocycles. The molecule has 0 aliphatic rings. The second-order valence-corrected chi connectivity index (χ2v) is 3.65. The highest BCUT2D eigenvalue weighted by Crippen LogP contribution is 2.14. The summed E-state index contributed by atoms with van der Waals surface area (Å²) in [6.45, 7) is 3.74. The van der Waals surface area contributed by atoms with Crippen molar-refractivity contribution in [1.82, 2.24) is 0 Å². The van der Waals surface area contributed by atoms with Crippen LogP contribution in [0, 0.1) is 5.39 Å². The van der Waals surface area contributed by atoms with Crippen molar-refractivity contribution in [3.05, 3.63) is 16.4 Å². The Labute approximate surface area is 86.5 Å². The third kappa shape index (κ3) is 6.47. The molecular weight excluding hydrogens is 176 g/mol. The number of aliphatic hydroxyl groups excluding tert-OH is 1. The molecule has 3 nitrogen and oxygen atoms in total. The van der Waals surface area contributed by atoms with Crippen LogP contribution in [0.3, 0.4) is 0 Å². The Morgan fingerprint density at radius 2 is 1.71 bits per heavy atom. The molecule has 0 aromatic carbocycles. The van der Waals surface area contributed by atoms with Gasteiger partial charge in [-0.15, -0.1) is 0 Å². The van der Waals surface area contributed by atoms with Crippen molar-refractivity contribution in [3.8, 4) is 0 Å². The molecule has 0 aromatic heterocycles. The van der Waals surface area contributed by atoms with Crippen molar-refractivity contribution in [2.75, 3.05) is 0 Å². The summed E-state index contributed by atoms with van der Waals surface area (Å²) in [5.74, 6) is 0.126. The van der Waals surface area contributed by atoms with Crippen molar-refractivity contribution >= 4 is 0 Å². The minimum Gasteiger partial charge on any atom is -0.505 e. The lowest BCUT2D eigenvalue weighted by molar-refractivity contribution is 0.405. The summed E-state index contributed by atoms with van der Waals surface area (Å²) in [6, 6.07) is 0. The normalized spacial score (nSPS) is 12.1. The van der Waals surface area contributed by atoms with Crippen LogP contribution in [-0.2, 0) is 0 Å². The number of diazo groups is 1. The van der Waals surface area contributed by atoms with Crippen LogP contribution in [0.1, 0.15) is 58.8 Å². The standard InChI is InChI=1S/C11H20N2O/c1-3-4-5-6-7-8-9-11(13-12)10(2)14/h3-9H2,1-2H3/p+1/b11-10+. The van der Waals surface area contributed by atoms with Crippen molar-refractivity contribution in [2.24, 2.45) is 0 Å². The number of hydrogen-bond donors (Lipinski definition) is 1. The van der Waals surface area contributed by atoms with Gasteiger partial charge in [0.15, 0.2) is 10.7 Å². The highest BCUT2D eigenvalue weighted by molar-refractivity contribution is 5.11. The molecule has 0 aliphatic carbocycles. The van der Waals surface area contributed by atoms with E-state index in [1.807, 2.05) is 0 Å². The summed E-state index contributed by atoms with van der Waals surface area (Å²) in [6.07, 6.45) is 7.87. The van der Waals surface area contributed by atoms with Gasteiger partial charge in [0.2, 0.25) is 5.39 Å². The molecule has 0 heterocycles. The molecule has 0 aliphatic heterocycles. The molecule has 1 N–H and O–H groups in total. The number of aliphatic hydroxyl groups is 1. The highest BCUT2D eigenvalue weighted by Gasteiger charge is 2.13. The molecule has 0 spiro atoms. The predicted octanol–water partition coefficient (Wildman–Crippen LogP) is 4.38. The molecule has 0 saturated heterocycles. The van der Waals surface area contributed by atoms with Gasteiger partial charge in [-0.3, -0.25) is 0 Å². The van der Waals surface area contributed by atoms with E-state index in [0.29, 0.717) is 12.1 Å². The third-order valence-corrected chi connectivity index (χ3v) is 2.31. The maximum atomic E-state index is 9.08. The summed E-state index contributed by atoms with van der Waals surface area (Å²) in [4.78, 5) is 3.05. The fourth-order valence-electron chi connectivity index (χ4n) is 1.38. The van der Waals surface area contributed by atoms with Gasteiger partial charge in [-0.1, -0.05) is 39.0 Å². The van der Waals surface area contributed by atoms with Crippen molar-refractivity contribution in [1.29, 1.82) is 5.39 Å². The second kappa shape index (κ2) is 8.55. The quantitative estimate of drug-likeness (QED) is 0.374. The van der Waals surface area contributed by atoms with Crippen LogP contribution < -0.4 is 0 Å². The van der Waals surface area contributed by atoms with E-state index in [1.54, 1.807) is 6.92 Å². The molecule has 0 unspecified atom stereocenters. The largest absolute Gasteiger partial charge is 0.505 e. The summed E-state index contributed by atoms with van der Waals surface area (Å²) >= 11 is 0. The summed E-state index contributed by atoms with van der Waals surface area (Å²) in [5, 5.41) is 17.6. The molecule has 0 bridgehead atoms. The molecule has 0 radical (unpaired) electrons. The Morgan fingerprint density at radius 3 is 2.21 bits per heavy atom. The van der Waals surface area contributed by atoms with Crippen molar-refractivity contribution < 1.29 is 5.11 Å². The highest BCUT2D eigenvalue weighted by atomic mass is 16.3. The Hall–Kier alpha value is -1.04. The fourth-order valence-corrected chi connectivity index (χ4v) is 1.38. The summed E-state index contributed by atoms with van der Waals surface area (Å²) < 4.78 is 0. The number of rotatable bonds is 7. The topological polar surface area (TPSA) is 48.4 Å². The van der Waals surface area contributed by atoms with E-state index in [0.717, 1.165) is 12.8 Å². The van der Waals surface area contributed by atoms with E-state index < -0.39 is 0 Å². The first-order chi connectivity index (χ1) is 6.72. The molecule has 14 heavy (non-hydrogen) atoms. The van der Waals surface area contributed by atoms with Gasteiger partial charge >= 0.3 is 5.70 Å². The molecular formula is C11H21N2O+. The fraction of sp³-hybridized carbons (Fsp3) is 0.818. The molecule has 0 fully saturated rings. The van der Waals surface area contributed by atoms with Crippen LogP contribution in [0.25, 0.3) is 4.98 Å². The number of unbranched alkanes of at least 4 members (excludes halogenated alkanes) is 5. The van der Waals surface area contributed by atoms with E-state index in [4.69, 9.17) is 10.5 Å². The SMILES string of the molecule is CCCCCCCC/C([N+]#N)=C(/C)O. The molecule has 80 valence electrons. The van der Waals surface area contributed by atoms with Gasteiger partial charge in [0.1, 0.15) is 0 Å². The lowest BCUT2D eigenvalue weighted by Gasteiger charge is -1.96. The maximum Gasteiger partial charge on any atom is 0.398 e. The average molecular weight is 197 g/mol. The first-order valence-electron chi connectivity index (χ1n) is 5.46. The zero-order valence-corrected chi connectivity index (χ0v) is 9.29. The van der Waals surface area contributed by atoms with Crippen LogP contribution in [0.5, 0.6) is 0 Å². The zero-order valence-electron chi connectivity index (χ0n) is 9.29. The van der Waals surface area contributed by atoms with E-state index >= 15 is 0 Å². The van der Waals surface area contributed by atoms with Crippen molar-refractivity contribution in [2.45, 2.75) is 58.8 Å². The lowest BCUT2D eigenvalue weighted by atomic mass is 10.1. The van der Waals surface area contributed by atoms with E-state index in [2.05, 4.69) is 11.9 Å². The van der Waals surface area contributed by atoms with Crippen LogP contribution in [0.4, 0.5) is 0 Å². The summed E-state index contributed by atoms with van der Waals surface area (Å²) in [7, 11) is 0. The minimum absolute atomic E-state index is 0.126. The van der Waals surface area contributed by atoms with E-state index in [1.165, 1.54) is 25.7 Å². The van der Waals surface area contributed by atoms with Crippen LogP contribution in [0.2, 0.25) is 0 Å². The summed E-state index contributed by atoms with van der Waals surface area (Å²) in [5.41, 5.74) is 0.417. The van der Waals surface area contributed by atoms with E-state index in [9.17, 15) is 0 Å². The van der Waals surface area contributed by atoms with Gasteiger partial charge in [-0.2, -0.15) is 0 Å². The monoisotopic (exact) mass is 197 g/mol. The van der Waals surface area contributed by atoms with Gasteiger partial charge in [-0.05, 0) is 6.42 Å². The van der Waals surface area contributed by atoms with E-state index in [-0.39, 0.29) is 5.76 Å². The third-order valence-electron chi connectivity index (χ3n) is 2.31. The molecule has 3 heteroatoms. The molecule has 0 amide bonds. The molecule has 0 atom stereocenters. The maximum absolute atomic E-state index is 9.08. The number of allylic oxidation sites excluding steroid dienone is 2. The van der Waals surface area contributed by atoms with Crippen LogP contribution in [0.15, 0.2) is 11.5 Å². The Kier molecular flexibility index (Phi) is 7.92. The van der Waals surface area contributed by atoms with Gasteiger partial charge in [0.25, 0.3) is 0 Å². The Balaban J connectivity index is 3.46. The first-order valence-corrected chi connectivity index (χ1v) is 5.46. The average Bonchev–Trinajstić information content (AvgIpc) is 2.16. The Bertz CT molecular complexity index is 212. The van der Waals surface area contributed by atoms with Gasteiger partial charge in [0.05, 0.1) is 6.42 Å².